The summed E-state index contributed by atoms with van der Waals surface area (Å²) in [7, 11) is 0. The number of anilines is 1. The smallest absolute Gasteiger partial charge is 0.289 e. The van der Waals surface area contributed by atoms with Crippen LogP contribution >= 0.6 is 11.6 Å². The summed E-state index contributed by atoms with van der Waals surface area (Å²) in [6.07, 6.45) is 1.53. The van der Waals surface area contributed by atoms with Gasteiger partial charge in [0.15, 0.2) is 11.3 Å². The summed E-state index contributed by atoms with van der Waals surface area (Å²) in [5, 5.41) is 4.26. The first-order chi connectivity index (χ1) is 13.5. The molecule has 1 aromatic heterocycles. The number of nitrogens with one attached hydrogen (secondary N) is 1. The average Bonchev–Trinajstić information content (AvgIpc) is 3.06. The monoisotopic (exact) mass is 396 g/mol. The highest BCUT2D eigenvalue weighted by atomic mass is 35.5. The first-order valence-electron chi connectivity index (χ1n) is 9.37. The van der Waals surface area contributed by atoms with E-state index < -0.39 is 0 Å². The lowest BCUT2D eigenvalue weighted by molar-refractivity contribution is -0.121. The molecule has 1 aliphatic heterocycles. The third kappa shape index (κ3) is 3.50. The molecule has 2 heterocycles. The van der Waals surface area contributed by atoms with Gasteiger partial charge in [0.05, 0.1) is 10.9 Å². The van der Waals surface area contributed by atoms with Crippen LogP contribution in [0.2, 0.25) is 5.02 Å². The molecular weight excluding hydrogens is 376 g/mol. The zero-order valence-corrected chi connectivity index (χ0v) is 16.3. The Morgan fingerprint density at radius 1 is 1.14 bits per heavy atom. The Kier molecular flexibility index (Phi) is 5.09. The number of para-hydroxylation sites is 2. The molecule has 1 atom stereocenters. The molecule has 6 heteroatoms. The zero-order valence-electron chi connectivity index (χ0n) is 15.6. The second kappa shape index (κ2) is 7.68. The predicted molar refractivity (Wildman–Crippen MR) is 110 cm³/mol. The van der Waals surface area contributed by atoms with Gasteiger partial charge >= 0.3 is 0 Å². The van der Waals surface area contributed by atoms with Crippen LogP contribution in [-0.2, 0) is 4.79 Å². The van der Waals surface area contributed by atoms with Crippen molar-refractivity contribution in [3.05, 3.63) is 64.9 Å². The van der Waals surface area contributed by atoms with E-state index in [0.29, 0.717) is 29.5 Å². The van der Waals surface area contributed by atoms with Gasteiger partial charge < -0.3 is 14.6 Å². The van der Waals surface area contributed by atoms with Gasteiger partial charge in [-0.1, -0.05) is 41.9 Å². The number of piperidine rings is 1. The summed E-state index contributed by atoms with van der Waals surface area (Å²) < 4.78 is 5.81. The lowest BCUT2D eigenvalue weighted by Gasteiger charge is -2.31. The Morgan fingerprint density at radius 3 is 2.68 bits per heavy atom. The van der Waals surface area contributed by atoms with Gasteiger partial charge in [-0.3, -0.25) is 9.59 Å². The van der Waals surface area contributed by atoms with Crippen molar-refractivity contribution in [3.63, 3.8) is 0 Å². The molecular formula is C22H21ClN2O3. The number of carbonyl (C=O) groups is 2. The van der Waals surface area contributed by atoms with Crippen LogP contribution < -0.4 is 5.32 Å². The minimum atomic E-state index is -0.244. The standard InChI is InChI=1S/C22H21ClN2O3/c1-14-17-10-5-11-18(23)20(17)28-19(14)22(27)25-12-6-7-15(13-25)21(26)24-16-8-3-2-4-9-16/h2-5,8-11,15H,6-7,12-13H2,1H3,(H,24,26). The second-order valence-electron chi connectivity index (χ2n) is 7.12. The zero-order chi connectivity index (χ0) is 19.7. The molecule has 1 aliphatic rings. The van der Waals surface area contributed by atoms with E-state index in [2.05, 4.69) is 5.32 Å². The number of halogens is 1. The van der Waals surface area contributed by atoms with E-state index in [-0.39, 0.29) is 17.7 Å². The van der Waals surface area contributed by atoms with Crippen LogP contribution in [0.25, 0.3) is 11.0 Å². The number of aryl methyl sites for hydroxylation is 1. The van der Waals surface area contributed by atoms with Gasteiger partial charge in [-0.05, 0) is 38.0 Å². The normalized spacial score (nSPS) is 16.9. The topological polar surface area (TPSA) is 62.6 Å². The Balaban J connectivity index is 1.51. The number of nitrogens with zero attached hydrogens (tertiary/aromatic N) is 1. The van der Waals surface area contributed by atoms with Crippen LogP contribution in [0.1, 0.15) is 29.0 Å². The van der Waals surface area contributed by atoms with Crippen molar-refractivity contribution < 1.29 is 14.0 Å². The Morgan fingerprint density at radius 2 is 1.93 bits per heavy atom. The lowest BCUT2D eigenvalue weighted by atomic mass is 9.96. The van der Waals surface area contributed by atoms with Gasteiger partial charge in [0.25, 0.3) is 5.91 Å². The summed E-state index contributed by atoms with van der Waals surface area (Å²) in [5.74, 6) is -0.201. The maximum Gasteiger partial charge on any atom is 0.289 e. The maximum atomic E-state index is 13.1. The molecule has 0 radical (unpaired) electrons. The first-order valence-corrected chi connectivity index (χ1v) is 9.75. The molecule has 2 amide bonds. The SMILES string of the molecule is Cc1c(C(=O)N2CCCC(C(=O)Nc3ccccc3)C2)oc2c(Cl)cccc12. The molecule has 1 saturated heterocycles. The van der Waals surface area contributed by atoms with Crippen molar-refractivity contribution in [2.75, 3.05) is 18.4 Å². The second-order valence-corrected chi connectivity index (χ2v) is 7.53. The van der Waals surface area contributed by atoms with Crippen LogP contribution in [0.5, 0.6) is 0 Å². The number of amides is 2. The fraction of sp³-hybridized carbons (Fsp3) is 0.273. The van der Waals surface area contributed by atoms with Crippen molar-refractivity contribution in [1.29, 1.82) is 0 Å². The molecule has 0 spiro atoms. The number of hydrogen-bond donors (Lipinski definition) is 1. The van der Waals surface area contributed by atoms with E-state index in [1.807, 2.05) is 49.4 Å². The molecule has 2 aromatic carbocycles. The molecule has 0 saturated carbocycles. The molecule has 144 valence electrons. The largest absolute Gasteiger partial charge is 0.449 e. The number of likely N-dealkylation sites (tertiary alicyclic amines) is 1. The molecule has 1 fully saturated rings. The Labute approximate surface area is 168 Å². The summed E-state index contributed by atoms with van der Waals surface area (Å²) in [6.45, 7) is 2.85. The molecule has 3 aromatic rings. The van der Waals surface area contributed by atoms with Crippen molar-refractivity contribution in [2.24, 2.45) is 5.92 Å². The highest BCUT2D eigenvalue weighted by molar-refractivity contribution is 6.35. The van der Waals surface area contributed by atoms with Crippen molar-refractivity contribution in [1.82, 2.24) is 4.90 Å². The summed E-state index contributed by atoms with van der Waals surface area (Å²) in [6, 6.07) is 14.8. The molecule has 1 unspecified atom stereocenters. The Bertz CT molecular complexity index is 1030. The van der Waals surface area contributed by atoms with E-state index in [1.165, 1.54) is 0 Å². The quantitative estimate of drug-likeness (QED) is 0.685. The van der Waals surface area contributed by atoms with E-state index in [9.17, 15) is 9.59 Å². The average molecular weight is 397 g/mol. The third-order valence-electron chi connectivity index (χ3n) is 5.23. The third-order valence-corrected chi connectivity index (χ3v) is 5.53. The van der Waals surface area contributed by atoms with E-state index >= 15 is 0 Å². The summed E-state index contributed by atoms with van der Waals surface area (Å²) in [4.78, 5) is 27.4. The molecule has 5 nitrogen and oxygen atoms in total. The van der Waals surface area contributed by atoms with Gasteiger partial charge in [0.2, 0.25) is 5.91 Å². The summed E-state index contributed by atoms with van der Waals surface area (Å²) in [5.41, 5.74) is 2.07. The van der Waals surface area contributed by atoms with Gasteiger partial charge in [0.1, 0.15) is 0 Å². The van der Waals surface area contributed by atoms with Crippen molar-refractivity contribution >= 4 is 40.1 Å². The fourth-order valence-electron chi connectivity index (χ4n) is 3.70. The van der Waals surface area contributed by atoms with Crippen molar-refractivity contribution in [2.45, 2.75) is 19.8 Å². The highest BCUT2D eigenvalue weighted by Crippen LogP contribution is 2.32. The van der Waals surface area contributed by atoms with Crippen LogP contribution in [0.3, 0.4) is 0 Å². The molecule has 1 N–H and O–H groups in total. The van der Waals surface area contributed by atoms with Crippen LogP contribution in [0.15, 0.2) is 52.9 Å². The number of fused-ring (bicyclic) bond motifs is 1. The highest BCUT2D eigenvalue weighted by Gasteiger charge is 2.31. The van der Waals surface area contributed by atoms with E-state index in [1.54, 1.807) is 11.0 Å². The number of furan rings is 1. The van der Waals surface area contributed by atoms with E-state index in [0.717, 1.165) is 29.5 Å². The summed E-state index contributed by atoms with van der Waals surface area (Å²) >= 11 is 6.20. The fourth-order valence-corrected chi connectivity index (χ4v) is 3.91. The molecule has 4 rings (SSSR count). The van der Waals surface area contributed by atoms with Crippen LogP contribution in [0.4, 0.5) is 5.69 Å². The van der Waals surface area contributed by atoms with Crippen LogP contribution in [-0.4, -0.2) is 29.8 Å². The van der Waals surface area contributed by atoms with Gasteiger partial charge in [-0.15, -0.1) is 0 Å². The predicted octanol–water partition coefficient (Wildman–Crippen LogP) is 4.89. The van der Waals surface area contributed by atoms with Gasteiger partial charge in [0, 0.05) is 29.7 Å². The van der Waals surface area contributed by atoms with Gasteiger partial charge in [-0.2, -0.15) is 0 Å². The van der Waals surface area contributed by atoms with Gasteiger partial charge in [-0.25, -0.2) is 0 Å². The molecule has 0 aliphatic carbocycles. The minimum absolute atomic E-state index is 0.0620. The number of hydrogen-bond acceptors (Lipinski definition) is 3. The minimum Gasteiger partial charge on any atom is -0.449 e. The maximum absolute atomic E-state index is 13.1. The Hall–Kier alpha value is -2.79. The van der Waals surface area contributed by atoms with Crippen LogP contribution in [0, 0.1) is 12.8 Å². The van der Waals surface area contributed by atoms with Crippen molar-refractivity contribution in [3.8, 4) is 0 Å². The number of carbonyl (C=O) groups excluding carboxylic acids is 2. The molecule has 0 bridgehead atoms. The first kappa shape index (κ1) is 18.6. The number of rotatable bonds is 3. The molecule has 28 heavy (non-hydrogen) atoms. The lowest BCUT2D eigenvalue weighted by Crippen LogP contribution is -2.43. The van der Waals surface area contributed by atoms with E-state index in [4.69, 9.17) is 16.0 Å². The number of benzene rings is 2.